The molecule has 0 atom stereocenters. The average Bonchev–Trinajstić information content (AvgIpc) is 3.10. The second-order valence-corrected chi connectivity index (χ2v) is 6.96. The molecule has 1 aromatic heterocycles. The summed E-state index contributed by atoms with van der Waals surface area (Å²) >= 11 is 1.29. The molecule has 0 unspecified atom stereocenters. The maximum Gasteiger partial charge on any atom is 0.281 e. The van der Waals surface area contributed by atoms with Crippen LogP contribution in [0.5, 0.6) is 11.5 Å². The summed E-state index contributed by atoms with van der Waals surface area (Å²) in [6.07, 6.45) is 3.69. The van der Waals surface area contributed by atoms with Crippen LogP contribution in [0, 0.1) is 0 Å². The lowest BCUT2D eigenvalue weighted by molar-refractivity contribution is -0.116. The number of benzene rings is 1. The number of hydrogen-bond donors (Lipinski definition) is 1. The molecule has 3 rings (SSSR count). The number of rotatable bonds is 8. The fraction of sp³-hybridized carbons (Fsp3) is 0.316. The van der Waals surface area contributed by atoms with Gasteiger partial charge in [0.15, 0.2) is 11.5 Å². The van der Waals surface area contributed by atoms with Crippen molar-refractivity contribution in [3.05, 3.63) is 48.3 Å². The first kappa shape index (κ1) is 19.0. The largest absolute Gasteiger partial charge is 0.493 e. The monoisotopic (exact) mass is 387 g/mol. The SMILES string of the molecule is COc1ccc(NC(=O)CCN2CCSC2=O)cc1OCc1cccnc1. The molecule has 1 aliphatic heterocycles. The Labute approximate surface area is 162 Å². The van der Waals surface area contributed by atoms with E-state index in [4.69, 9.17) is 9.47 Å². The molecule has 1 fully saturated rings. The minimum absolute atomic E-state index is 0.0401. The van der Waals surface area contributed by atoms with Crippen LogP contribution in [0.15, 0.2) is 42.7 Å². The molecule has 8 heteroatoms. The number of carbonyl (C=O) groups is 2. The van der Waals surface area contributed by atoms with Gasteiger partial charge in [-0.15, -0.1) is 0 Å². The molecule has 142 valence electrons. The number of amides is 2. The van der Waals surface area contributed by atoms with Gasteiger partial charge in [-0.25, -0.2) is 0 Å². The Morgan fingerprint density at radius 3 is 2.93 bits per heavy atom. The maximum atomic E-state index is 12.2. The van der Waals surface area contributed by atoms with Crippen molar-refractivity contribution in [1.29, 1.82) is 0 Å². The first-order valence-corrected chi connectivity index (χ1v) is 9.55. The minimum atomic E-state index is -0.150. The molecule has 1 aliphatic rings. The summed E-state index contributed by atoms with van der Waals surface area (Å²) in [5.41, 5.74) is 1.55. The van der Waals surface area contributed by atoms with E-state index < -0.39 is 0 Å². The zero-order valence-electron chi connectivity index (χ0n) is 15.0. The number of carbonyl (C=O) groups excluding carboxylic acids is 2. The van der Waals surface area contributed by atoms with E-state index in [1.54, 1.807) is 42.6 Å². The van der Waals surface area contributed by atoms with Crippen molar-refractivity contribution >= 4 is 28.6 Å². The van der Waals surface area contributed by atoms with E-state index in [0.717, 1.165) is 11.3 Å². The van der Waals surface area contributed by atoms with Gasteiger partial charge < -0.3 is 19.7 Å². The third kappa shape index (κ3) is 5.37. The molecule has 0 radical (unpaired) electrons. The molecular formula is C19H21N3O4S. The van der Waals surface area contributed by atoms with E-state index in [2.05, 4.69) is 10.3 Å². The first-order valence-electron chi connectivity index (χ1n) is 8.57. The van der Waals surface area contributed by atoms with E-state index >= 15 is 0 Å². The van der Waals surface area contributed by atoms with E-state index in [-0.39, 0.29) is 17.6 Å². The number of pyridine rings is 1. The number of ether oxygens (including phenoxy) is 2. The summed E-state index contributed by atoms with van der Waals surface area (Å²) in [6.45, 7) is 1.47. The number of aromatic nitrogens is 1. The van der Waals surface area contributed by atoms with Gasteiger partial charge in [0.25, 0.3) is 5.24 Å². The van der Waals surface area contributed by atoms with E-state index in [0.29, 0.717) is 36.9 Å². The van der Waals surface area contributed by atoms with E-state index in [1.807, 2.05) is 12.1 Å². The highest BCUT2D eigenvalue weighted by atomic mass is 32.2. The second kappa shape index (κ2) is 9.27. The van der Waals surface area contributed by atoms with Crippen molar-refractivity contribution in [2.24, 2.45) is 0 Å². The number of thioether (sulfide) groups is 1. The lowest BCUT2D eigenvalue weighted by Gasteiger charge is -2.15. The Hall–Kier alpha value is -2.74. The zero-order chi connectivity index (χ0) is 19.1. The van der Waals surface area contributed by atoms with Crippen LogP contribution < -0.4 is 14.8 Å². The molecule has 27 heavy (non-hydrogen) atoms. The topological polar surface area (TPSA) is 80.8 Å². The van der Waals surface area contributed by atoms with Crippen LogP contribution in [0.2, 0.25) is 0 Å². The standard InChI is InChI=1S/C19H21N3O4S/c1-25-16-5-4-15(11-17(16)26-13-14-3-2-7-20-12-14)21-18(23)6-8-22-9-10-27-19(22)24/h2-5,7,11-12H,6,8-10,13H2,1H3,(H,21,23). The van der Waals surface area contributed by atoms with Crippen LogP contribution in [0.3, 0.4) is 0 Å². The summed E-state index contributed by atoms with van der Waals surface area (Å²) in [5, 5.41) is 2.88. The fourth-order valence-corrected chi connectivity index (χ4v) is 3.45. The van der Waals surface area contributed by atoms with Crippen LogP contribution in [0.1, 0.15) is 12.0 Å². The van der Waals surface area contributed by atoms with E-state index in [1.165, 1.54) is 11.8 Å². The summed E-state index contributed by atoms with van der Waals surface area (Å²) < 4.78 is 11.1. The van der Waals surface area contributed by atoms with Crippen LogP contribution in [-0.2, 0) is 11.4 Å². The quantitative estimate of drug-likeness (QED) is 0.749. The van der Waals surface area contributed by atoms with Gasteiger partial charge in [-0.1, -0.05) is 17.8 Å². The van der Waals surface area contributed by atoms with Gasteiger partial charge in [0.2, 0.25) is 5.91 Å². The Kier molecular flexibility index (Phi) is 6.54. The van der Waals surface area contributed by atoms with Crippen LogP contribution in [0.25, 0.3) is 0 Å². The normalized spacial score (nSPS) is 13.5. The Morgan fingerprint density at radius 2 is 2.22 bits per heavy atom. The van der Waals surface area contributed by atoms with Gasteiger partial charge in [-0.3, -0.25) is 14.6 Å². The highest BCUT2D eigenvalue weighted by Crippen LogP contribution is 2.31. The molecule has 1 N–H and O–H groups in total. The zero-order valence-corrected chi connectivity index (χ0v) is 15.8. The molecule has 1 saturated heterocycles. The Morgan fingerprint density at radius 1 is 1.33 bits per heavy atom. The third-order valence-electron chi connectivity index (χ3n) is 4.02. The summed E-state index contributed by atoms with van der Waals surface area (Å²) in [4.78, 5) is 29.5. The number of anilines is 1. The van der Waals surface area contributed by atoms with Crippen molar-refractivity contribution in [3.63, 3.8) is 0 Å². The van der Waals surface area contributed by atoms with Gasteiger partial charge in [-0.2, -0.15) is 0 Å². The maximum absolute atomic E-state index is 12.2. The molecule has 0 saturated carbocycles. The smallest absolute Gasteiger partial charge is 0.281 e. The van der Waals surface area contributed by atoms with Crippen LogP contribution in [0.4, 0.5) is 10.5 Å². The highest BCUT2D eigenvalue weighted by molar-refractivity contribution is 8.13. The summed E-state index contributed by atoms with van der Waals surface area (Å²) in [5.74, 6) is 1.75. The van der Waals surface area contributed by atoms with Gasteiger partial charge in [-0.05, 0) is 18.2 Å². The molecule has 1 aromatic carbocycles. The number of hydrogen-bond acceptors (Lipinski definition) is 6. The van der Waals surface area contributed by atoms with E-state index in [9.17, 15) is 9.59 Å². The molecule has 0 aliphatic carbocycles. The van der Waals surface area contributed by atoms with Crippen molar-refractivity contribution < 1.29 is 19.1 Å². The molecular weight excluding hydrogens is 366 g/mol. The number of methoxy groups -OCH3 is 1. The molecule has 0 bridgehead atoms. The van der Waals surface area contributed by atoms with Gasteiger partial charge in [0, 0.05) is 55.0 Å². The second-order valence-electron chi connectivity index (χ2n) is 5.92. The molecule has 2 aromatic rings. The van der Waals surface area contributed by atoms with Crippen LogP contribution >= 0.6 is 11.8 Å². The molecule has 7 nitrogen and oxygen atoms in total. The molecule has 2 heterocycles. The van der Waals surface area contributed by atoms with Gasteiger partial charge in [0.1, 0.15) is 6.61 Å². The first-order chi connectivity index (χ1) is 13.2. The Bertz CT molecular complexity index is 801. The minimum Gasteiger partial charge on any atom is -0.493 e. The summed E-state index contributed by atoms with van der Waals surface area (Å²) in [6, 6.07) is 8.99. The van der Waals surface area contributed by atoms with Crippen molar-refractivity contribution in [2.45, 2.75) is 13.0 Å². The van der Waals surface area contributed by atoms with Crippen molar-refractivity contribution in [3.8, 4) is 11.5 Å². The lowest BCUT2D eigenvalue weighted by atomic mass is 10.2. The summed E-state index contributed by atoms with van der Waals surface area (Å²) in [7, 11) is 1.57. The predicted molar refractivity (Wildman–Crippen MR) is 104 cm³/mol. The lowest BCUT2D eigenvalue weighted by Crippen LogP contribution is -2.27. The van der Waals surface area contributed by atoms with Gasteiger partial charge >= 0.3 is 0 Å². The Balaban J connectivity index is 1.58. The fourth-order valence-electron chi connectivity index (χ4n) is 2.60. The molecule has 0 spiro atoms. The highest BCUT2D eigenvalue weighted by Gasteiger charge is 2.21. The van der Waals surface area contributed by atoms with Crippen molar-refractivity contribution in [1.82, 2.24) is 9.88 Å². The predicted octanol–water partition coefficient (Wildman–Crippen LogP) is 3.17. The molecule has 2 amide bonds. The average molecular weight is 387 g/mol. The van der Waals surface area contributed by atoms with Crippen LogP contribution in [-0.4, -0.2) is 47.0 Å². The third-order valence-corrected chi connectivity index (χ3v) is 4.91. The number of nitrogens with zero attached hydrogens (tertiary/aromatic N) is 2. The van der Waals surface area contributed by atoms with Gasteiger partial charge in [0.05, 0.1) is 7.11 Å². The van der Waals surface area contributed by atoms with Crippen molar-refractivity contribution in [2.75, 3.05) is 31.3 Å². The number of nitrogens with one attached hydrogen (secondary N) is 1.